The van der Waals surface area contributed by atoms with E-state index in [0.717, 1.165) is 30.5 Å². The molecule has 2 aromatic carbocycles. The quantitative estimate of drug-likeness (QED) is 0.903. The largest absolute Gasteiger partial charge is 0.371 e. The number of halogens is 1. The lowest BCUT2D eigenvalue weighted by molar-refractivity contribution is 0.0948. The number of rotatable bonds is 4. The normalized spacial score (nSPS) is 17.5. The Bertz CT molecular complexity index is 627. The van der Waals surface area contributed by atoms with Crippen LogP contribution in [0.1, 0.15) is 16.8 Å². The van der Waals surface area contributed by atoms with Gasteiger partial charge in [-0.05, 0) is 48.7 Å². The van der Waals surface area contributed by atoms with Gasteiger partial charge >= 0.3 is 0 Å². The third-order valence-electron chi connectivity index (χ3n) is 4.06. The van der Waals surface area contributed by atoms with E-state index in [1.165, 1.54) is 5.69 Å². The topological polar surface area (TPSA) is 32.3 Å². The van der Waals surface area contributed by atoms with Gasteiger partial charge in [-0.25, -0.2) is 0 Å². The molecule has 3 nitrogen and oxygen atoms in total. The highest BCUT2D eigenvalue weighted by Gasteiger charge is 2.23. The summed E-state index contributed by atoms with van der Waals surface area (Å²) in [7, 11) is 0. The summed E-state index contributed by atoms with van der Waals surface area (Å²) >= 11 is 3.38. The molecule has 1 aliphatic rings. The molecule has 114 valence electrons. The maximum atomic E-state index is 12.1. The lowest BCUT2D eigenvalue weighted by Gasteiger charge is -2.18. The van der Waals surface area contributed by atoms with Crippen LogP contribution >= 0.6 is 15.9 Å². The fourth-order valence-electron chi connectivity index (χ4n) is 2.81. The summed E-state index contributed by atoms with van der Waals surface area (Å²) in [5, 5.41) is 3.05. The van der Waals surface area contributed by atoms with E-state index in [1.807, 2.05) is 30.3 Å². The van der Waals surface area contributed by atoms with Gasteiger partial charge in [-0.1, -0.05) is 34.1 Å². The predicted molar refractivity (Wildman–Crippen MR) is 93.2 cm³/mol. The highest BCUT2D eigenvalue weighted by Crippen LogP contribution is 2.23. The summed E-state index contributed by atoms with van der Waals surface area (Å²) in [4.78, 5) is 14.5. The van der Waals surface area contributed by atoms with Crippen molar-refractivity contribution in [2.45, 2.75) is 6.42 Å². The summed E-state index contributed by atoms with van der Waals surface area (Å²) < 4.78 is 0.985. The van der Waals surface area contributed by atoms with Crippen LogP contribution in [0, 0.1) is 5.92 Å². The Morgan fingerprint density at radius 1 is 1.14 bits per heavy atom. The van der Waals surface area contributed by atoms with Gasteiger partial charge in [0.05, 0.1) is 0 Å². The van der Waals surface area contributed by atoms with E-state index in [0.29, 0.717) is 11.5 Å². The molecule has 0 saturated carbocycles. The third kappa shape index (κ3) is 3.69. The second-order valence-corrected chi connectivity index (χ2v) is 6.57. The van der Waals surface area contributed by atoms with Crippen molar-refractivity contribution in [2.24, 2.45) is 5.92 Å². The smallest absolute Gasteiger partial charge is 0.251 e. The molecule has 3 rings (SSSR count). The molecule has 1 heterocycles. The maximum Gasteiger partial charge on any atom is 0.251 e. The first-order valence-corrected chi connectivity index (χ1v) is 8.35. The van der Waals surface area contributed by atoms with Crippen LogP contribution in [-0.4, -0.2) is 25.5 Å². The molecule has 1 fully saturated rings. The molecule has 0 aromatic heterocycles. The lowest BCUT2D eigenvalue weighted by atomic mass is 10.1. The molecule has 1 aliphatic heterocycles. The first-order chi connectivity index (χ1) is 10.7. The monoisotopic (exact) mass is 358 g/mol. The average Bonchev–Trinajstić information content (AvgIpc) is 3.03. The van der Waals surface area contributed by atoms with Gasteiger partial charge in [-0.2, -0.15) is 0 Å². The van der Waals surface area contributed by atoms with Crippen LogP contribution in [0.25, 0.3) is 0 Å². The Kier molecular flexibility index (Phi) is 4.78. The van der Waals surface area contributed by atoms with Crippen molar-refractivity contribution < 1.29 is 4.79 Å². The first-order valence-electron chi connectivity index (χ1n) is 7.56. The zero-order valence-electron chi connectivity index (χ0n) is 12.3. The van der Waals surface area contributed by atoms with Crippen molar-refractivity contribution in [3.8, 4) is 0 Å². The summed E-state index contributed by atoms with van der Waals surface area (Å²) in [6, 6.07) is 17.9. The van der Waals surface area contributed by atoms with Crippen LogP contribution in [-0.2, 0) is 0 Å². The Balaban J connectivity index is 1.50. The summed E-state index contributed by atoms with van der Waals surface area (Å²) in [6.07, 6.45) is 1.12. The minimum Gasteiger partial charge on any atom is -0.371 e. The molecule has 1 atom stereocenters. The van der Waals surface area contributed by atoms with E-state index < -0.39 is 0 Å². The van der Waals surface area contributed by atoms with Crippen molar-refractivity contribution in [1.29, 1.82) is 0 Å². The lowest BCUT2D eigenvalue weighted by Crippen LogP contribution is -2.31. The molecule has 1 amide bonds. The molecule has 1 saturated heterocycles. The number of para-hydroxylation sites is 1. The Labute approximate surface area is 139 Å². The van der Waals surface area contributed by atoms with Gasteiger partial charge in [-0.15, -0.1) is 0 Å². The van der Waals surface area contributed by atoms with Crippen LogP contribution in [0.15, 0.2) is 59.1 Å². The molecular weight excluding hydrogens is 340 g/mol. The Hall–Kier alpha value is -1.81. The Morgan fingerprint density at radius 2 is 1.86 bits per heavy atom. The minimum absolute atomic E-state index is 0.00524. The zero-order chi connectivity index (χ0) is 15.4. The van der Waals surface area contributed by atoms with E-state index in [-0.39, 0.29) is 5.91 Å². The Morgan fingerprint density at radius 3 is 2.59 bits per heavy atom. The van der Waals surface area contributed by atoms with Gasteiger partial charge in [0.15, 0.2) is 0 Å². The summed E-state index contributed by atoms with van der Waals surface area (Å²) in [6.45, 7) is 2.80. The molecule has 2 aromatic rings. The van der Waals surface area contributed by atoms with Crippen molar-refractivity contribution >= 4 is 27.5 Å². The molecule has 0 spiro atoms. The second-order valence-electron chi connectivity index (χ2n) is 5.65. The van der Waals surface area contributed by atoms with Crippen molar-refractivity contribution in [1.82, 2.24) is 5.32 Å². The van der Waals surface area contributed by atoms with Gasteiger partial charge in [0.1, 0.15) is 0 Å². The van der Waals surface area contributed by atoms with Crippen molar-refractivity contribution in [2.75, 3.05) is 24.5 Å². The van der Waals surface area contributed by atoms with Crippen LogP contribution in [0.4, 0.5) is 5.69 Å². The van der Waals surface area contributed by atoms with Gasteiger partial charge in [0.2, 0.25) is 0 Å². The maximum absolute atomic E-state index is 12.1. The van der Waals surface area contributed by atoms with Gasteiger partial charge in [0.25, 0.3) is 5.91 Å². The number of nitrogens with one attached hydrogen (secondary N) is 1. The van der Waals surface area contributed by atoms with E-state index in [4.69, 9.17) is 0 Å². The molecule has 0 aliphatic carbocycles. The molecule has 0 bridgehead atoms. The SMILES string of the molecule is O=C(NCC1CCN(c2ccccc2)C1)c1ccc(Br)cc1. The highest BCUT2D eigenvalue weighted by atomic mass is 79.9. The van der Waals surface area contributed by atoms with E-state index >= 15 is 0 Å². The van der Waals surface area contributed by atoms with Gasteiger partial charge in [0, 0.05) is 35.4 Å². The third-order valence-corrected chi connectivity index (χ3v) is 4.59. The van der Waals surface area contributed by atoms with Gasteiger partial charge in [-0.3, -0.25) is 4.79 Å². The number of amides is 1. The van der Waals surface area contributed by atoms with Gasteiger partial charge < -0.3 is 10.2 Å². The molecule has 4 heteroatoms. The van der Waals surface area contributed by atoms with Crippen LogP contribution in [0.5, 0.6) is 0 Å². The summed E-state index contributed by atoms with van der Waals surface area (Å²) in [5.41, 5.74) is 1.98. The first kappa shape index (κ1) is 15.1. The molecule has 22 heavy (non-hydrogen) atoms. The zero-order valence-corrected chi connectivity index (χ0v) is 13.9. The number of carbonyl (C=O) groups excluding carboxylic acids is 1. The summed E-state index contributed by atoms with van der Waals surface area (Å²) in [5.74, 6) is 0.519. The number of hydrogen-bond acceptors (Lipinski definition) is 2. The number of hydrogen-bond donors (Lipinski definition) is 1. The minimum atomic E-state index is 0.00524. The van der Waals surface area contributed by atoms with E-state index in [9.17, 15) is 4.79 Å². The molecular formula is C18H19BrN2O. The highest BCUT2D eigenvalue weighted by molar-refractivity contribution is 9.10. The number of anilines is 1. The van der Waals surface area contributed by atoms with Crippen molar-refractivity contribution in [3.63, 3.8) is 0 Å². The standard InChI is InChI=1S/C18H19BrN2O/c19-16-8-6-15(7-9-16)18(22)20-12-14-10-11-21(13-14)17-4-2-1-3-5-17/h1-9,14H,10-13H2,(H,20,22). The molecule has 1 N–H and O–H groups in total. The number of benzene rings is 2. The van der Waals surface area contributed by atoms with E-state index in [1.54, 1.807) is 0 Å². The van der Waals surface area contributed by atoms with Crippen LogP contribution in [0.2, 0.25) is 0 Å². The van der Waals surface area contributed by atoms with E-state index in [2.05, 4.69) is 50.4 Å². The fraction of sp³-hybridized carbons (Fsp3) is 0.278. The number of carbonyl (C=O) groups is 1. The average molecular weight is 359 g/mol. The van der Waals surface area contributed by atoms with Crippen LogP contribution < -0.4 is 10.2 Å². The predicted octanol–water partition coefficient (Wildman–Crippen LogP) is 3.71. The molecule has 1 unspecified atom stereocenters. The number of nitrogens with zero attached hydrogens (tertiary/aromatic N) is 1. The van der Waals surface area contributed by atoms with Crippen LogP contribution in [0.3, 0.4) is 0 Å². The van der Waals surface area contributed by atoms with Crippen molar-refractivity contribution in [3.05, 3.63) is 64.6 Å². The fourth-order valence-corrected chi connectivity index (χ4v) is 3.08. The second kappa shape index (κ2) is 6.97. The molecule has 0 radical (unpaired) electrons.